The van der Waals surface area contributed by atoms with E-state index in [1.807, 2.05) is 13.8 Å². The number of nitrogens with one attached hydrogen (secondary N) is 1. The lowest BCUT2D eigenvalue weighted by atomic mass is 10.2. The van der Waals surface area contributed by atoms with E-state index in [4.69, 9.17) is 15.2 Å². The maximum Gasteiger partial charge on any atom is 0.247 e. The molecule has 0 saturated carbocycles. The Balaban J connectivity index is 2.31. The number of nitrogens with two attached hydrogens (primary N) is 1. The standard InChI is InChI=1S/C16H23N5O3S/c1-5-12(21-15(17)19-20-16(21)25-6-2)14(22)18-11-9-10(23-3)7-8-13(11)24-4/h7-9,12H,5-6H2,1-4H3,(H2,17,19)(H,18,22). The number of carbonyl (C=O) groups is 1. The fourth-order valence-corrected chi connectivity index (χ4v) is 3.14. The van der Waals surface area contributed by atoms with Gasteiger partial charge in [-0.25, -0.2) is 0 Å². The molecule has 1 unspecified atom stereocenters. The molecule has 0 saturated heterocycles. The third-order valence-corrected chi connectivity index (χ3v) is 4.46. The molecular formula is C16H23N5O3S. The summed E-state index contributed by atoms with van der Waals surface area (Å²) in [6.45, 7) is 3.91. The predicted molar refractivity (Wildman–Crippen MR) is 98.3 cm³/mol. The molecule has 136 valence electrons. The zero-order chi connectivity index (χ0) is 18.4. The smallest absolute Gasteiger partial charge is 0.247 e. The molecule has 1 heterocycles. The fraction of sp³-hybridized carbons (Fsp3) is 0.438. The van der Waals surface area contributed by atoms with Gasteiger partial charge in [-0.1, -0.05) is 25.6 Å². The van der Waals surface area contributed by atoms with Gasteiger partial charge in [0.05, 0.1) is 19.9 Å². The molecule has 0 spiro atoms. The molecule has 0 fully saturated rings. The Morgan fingerprint density at radius 3 is 2.68 bits per heavy atom. The van der Waals surface area contributed by atoms with Gasteiger partial charge in [-0.15, -0.1) is 10.2 Å². The third-order valence-electron chi connectivity index (χ3n) is 3.63. The fourth-order valence-electron chi connectivity index (χ4n) is 2.42. The summed E-state index contributed by atoms with van der Waals surface area (Å²) in [6, 6.07) is 4.68. The first kappa shape index (κ1) is 18.9. The monoisotopic (exact) mass is 365 g/mol. The van der Waals surface area contributed by atoms with E-state index >= 15 is 0 Å². The number of hydrogen-bond donors (Lipinski definition) is 2. The number of carbonyl (C=O) groups excluding carboxylic acids is 1. The number of aromatic nitrogens is 3. The van der Waals surface area contributed by atoms with Crippen LogP contribution in [-0.2, 0) is 4.79 Å². The van der Waals surface area contributed by atoms with Crippen molar-refractivity contribution in [3.05, 3.63) is 18.2 Å². The average molecular weight is 365 g/mol. The first-order chi connectivity index (χ1) is 12.0. The van der Waals surface area contributed by atoms with Gasteiger partial charge in [-0.2, -0.15) is 0 Å². The Morgan fingerprint density at radius 1 is 1.32 bits per heavy atom. The highest BCUT2D eigenvalue weighted by atomic mass is 32.2. The summed E-state index contributed by atoms with van der Waals surface area (Å²) < 4.78 is 12.2. The van der Waals surface area contributed by atoms with Gasteiger partial charge in [0.15, 0.2) is 5.16 Å². The molecule has 0 aliphatic carbocycles. The van der Waals surface area contributed by atoms with Gasteiger partial charge in [0.1, 0.15) is 17.5 Å². The van der Waals surface area contributed by atoms with Gasteiger partial charge in [-0.3, -0.25) is 9.36 Å². The lowest BCUT2D eigenvalue weighted by Crippen LogP contribution is -2.27. The van der Waals surface area contributed by atoms with Crippen LogP contribution in [0.3, 0.4) is 0 Å². The summed E-state index contributed by atoms with van der Waals surface area (Å²) in [5.74, 6) is 1.97. The van der Waals surface area contributed by atoms with E-state index in [0.29, 0.717) is 28.8 Å². The zero-order valence-electron chi connectivity index (χ0n) is 14.8. The molecule has 1 aromatic carbocycles. The van der Waals surface area contributed by atoms with Gasteiger partial charge in [0, 0.05) is 6.07 Å². The van der Waals surface area contributed by atoms with Crippen LogP contribution in [0.5, 0.6) is 11.5 Å². The molecule has 9 heteroatoms. The molecule has 0 aliphatic rings. The maximum atomic E-state index is 12.9. The molecule has 2 rings (SSSR count). The number of amides is 1. The first-order valence-corrected chi connectivity index (χ1v) is 8.90. The van der Waals surface area contributed by atoms with Crippen molar-refractivity contribution in [3.63, 3.8) is 0 Å². The van der Waals surface area contributed by atoms with Crippen molar-refractivity contribution in [1.82, 2.24) is 14.8 Å². The molecule has 3 N–H and O–H groups in total. The van der Waals surface area contributed by atoms with Gasteiger partial charge in [0.2, 0.25) is 11.9 Å². The largest absolute Gasteiger partial charge is 0.497 e. The zero-order valence-corrected chi connectivity index (χ0v) is 15.6. The highest BCUT2D eigenvalue weighted by Gasteiger charge is 2.25. The maximum absolute atomic E-state index is 12.9. The van der Waals surface area contributed by atoms with E-state index in [0.717, 1.165) is 5.75 Å². The van der Waals surface area contributed by atoms with Gasteiger partial charge in [-0.05, 0) is 24.3 Å². The van der Waals surface area contributed by atoms with Crippen LogP contribution in [0.1, 0.15) is 26.3 Å². The molecule has 1 amide bonds. The highest BCUT2D eigenvalue weighted by molar-refractivity contribution is 7.99. The molecule has 1 aromatic heterocycles. The topological polar surface area (TPSA) is 104 Å². The Labute approximate surface area is 151 Å². The van der Waals surface area contributed by atoms with Crippen LogP contribution in [0.4, 0.5) is 11.6 Å². The summed E-state index contributed by atoms with van der Waals surface area (Å²) in [7, 11) is 3.11. The van der Waals surface area contributed by atoms with Crippen LogP contribution >= 0.6 is 11.8 Å². The molecule has 0 aliphatic heterocycles. The second-order valence-corrected chi connectivity index (χ2v) is 6.35. The van der Waals surface area contributed by atoms with Gasteiger partial charge >= 0.3 is 0 Å². The summed E-state index contributed by atoms with van der Waals surface area (Å²) in [4.78, 5) is 12.9. The van der Waals surface area contributed by atoms with Crippen LogP contribution in [0.25, 0.3) is 0 Å². The van der Waals surface area contributed by atoms with Crippen LogP contribution < -0.4 is 20.5 Å². The minimum Gasteiger partial charge on any atom is -0.497 e. The van der Waals surface area contributed by atoms with Crippen molar-refractivity contribution in [1.29, 1.82) is 0 Å². The Hall–Kier alpha value is -2.42. The molecular weight excluding hydrogens is 342 g/mol. The Morgan fingerprint density at radius 2 is 2.08 bits per heavy atom. The van der Waals surface area contributed by atoms with Crippen LogP contribution in [0, 0.1) is 0 Å². The average Bonchev–Trinajstić information content (AvgIpc) is 2.97. The number of thioether (sulfide) groups is 1. The van der Waals surface area contributed by atoms with Crippen LogP contribution in [0.15, 0.2) is 23.4 Å². The summed E-state index contributed by atoms with van der Waals surface area (Å²) in [5, 5.41) is 11.5. The summed E-state index contributed by atoms with van der Waals surface area (Å²) >= 11 is 1.49. The number of anilines is 2. The number of nitrogen functional groups attached to an aromatic ring is 1. The quantitative estimate of drug-likeness (QED) is 0.693. The van der Waals surface area contributed by atoms with E-state index in [2.05, 4.69) is 15.5 Å². The van der Waals surface area contributed by atoms with Crippen LogP contribution in [0.2, 0.25) is 0 Å². The third kappa shape index (κ3) is 4.16. The van der Waals surface area contributed by atoms with E-state index < -0.39 is 6.04 Å². The number of hydrogen-bond acceptors (Lipinski definition) is 7. The molecule has 8 nitrogen and oxygen atoms in total. The van der Waals surface area contributed by atoms with Crippen molar-refractivity contribution < 1.29 is 14.3 Å². The minimum atomic E-state index is -0.528. The summed E-state index contributed by atoms with van der Waals surface area (Å²) in [5.41, 5.74) is 6.46. The first-order valence-electron chi connectivity index (χ1n) is 7.91. The van der Waals surface area contributed by atoms with Crippen molar-refractivity contribution in [3.8, 4) is 11.5 Å². The number of ether oxygens (including phenoxy) is 2. The second kappa shape index (κ2) is 8.61. The normalized spacial score (nSPS) is 11.8. The number of benzene rings is 1. The molecule has 0 bridgehead atoms. The van der Waals surface area contributed by atoms with E-state index in [1.165, 1.54) is 11.8 Å². The van der Waals surface area contributed by atoms with Gasteiger partial charge < -0.3 is 20.5 Å². The Kier molecular flexibility index (Phi) is 6.51. The lowest BCUT2D eigenvalue weighted by molar-refractivity contribution is -0.119. The van der Waals surface area contributed by atoms with Crippen molar-refractivity contribution in [2.75, 3.05) is 31.0 Å². The number of nitrogens with zero attached hydrogens (tertiary/aromatic N) is 3. The molecule has 0 radical (unpaired) electrons. The summed E-state index contributed by atoms with van der Waals surface area (Å²) in [6.07, 6.45) is 0.539. The Bertz CT molecular complexity index is 735. The molecule has 25 heavy (non-hydrogen) atoms. The minimum absolute atomic E-state index is 0.218. The van der Waals surface area contributed by atoms with E-state index in [-0.39, 0.29) is 11.9 Å². The predicted octanol–water partition coefficient (Wildman–Crippen LogP) is 2.58. The van der Waals surface area contributed by atoms with Gasteiger partial charge in [0.25, 0.3) is 0 Å². The SMILES string of the molecule is CCSc1nnc(N)n1C(CC)C(=O)Nc1cc(OC)ccc1OC. The van der Waals surface area contributed by atoms with Crippen molar-refractivity contribution in [2.45, 2.75) is 31.5 Å². The number of rotatable bonds is 8. The van der Waals surface area contributed by atoms with E-state index in [9.17, 15) is 4.79 Å². The lowest BCUT2D eigenvalue weighted by Gasteiger charge is -2.20. The van der Waals surface area contributed by atoms with Crippen molar-refractivity contribution >= 4 is 29.3 Å². The molecule has 1 atom stereocenters. The highest BCUT2D eigenvalue weighted by Crippen LogP contribution is 2.31. The molecule has 2 aromatic rings. The number of methoxy groups -OCH3 is 2. The van der Waals surface area contributed by atoms with Crippen LogP contribution in [-0.4, -0.2) is 40.6 Å². The second-order valence-electron chi connectivity index (χ2n) is 5.12. The van der Waals surface area contributed by atoms with E-state index in [1.54, 1.807) is 37.0 Å². The van der Waals surface area contributed by atoms with Crippen molar-refractivity contribution in [2.24, 2.45) is 0 Å².